The van der Waals surface area contributed by atoms with Gasteiger partial charge in [0.1, 0.15) is 0 Å². The lowest BCUT2D eigenvalue weighted by atomic mass is 10.1. The van der Waals surface area contributed by atoms with Crippen molar-refractivity contribution >= 4 is 23.5 Å². The molecule has 0 aliphatic carbocycles. The highest BCUT2D eigenvalue weighted by Gasteiger charge is 2.31. The zero-order valence-corrected chi connectivity index (χ0v) is 16.6. The number of carbonyl (C=O) groups excluding carboxylic acids is 1. The first kappa shape index (κ1) is 20.3. The molecular formula is C21H18ClF3N4O. The van der Waals surface area contributed by atoms with Crippen molar-refractivity contribution in [3.05, 3.63) is 77.1 Å². The molecule has 1 fully saturated rings. The lowest BCUT2D eigenvalue weighted by molar-refractivity contribution is -0.137. The minimum Gasteiger partial charge on any atom is -0.338 e. The number of alkyl halides is 3. The van der Waals surface area contributed by atoms with Crippen LogP contribution in [0.3, 0.4) is 0 Å². The Labute approximate surface area is 176 Å². The van der Waals surface area contributed by atoms with Crippen molar-refractivity contribution in [1.29, 1.82) is 0 Å². The highest BCUT2D eigenvalue weighted by molar-refractivity contribution is 6.30. The first-order valence-electron chi connectivity index (χ1n) is 9.34. The molecule has 1 aromatic heterocycles. The Morgan fingerprint density at radius 1 is 1.00 bits per heavy atom. The van der Waals surface area contributed by atoms with E-state index in [4.69, 9.17) is 11.6 Å². The molecule has 9 heteroatoms. The second-order valence-corrected chi connectivity index (χ2v) is 7.37. The van der Waals surface area contributed by atoms with Crippen molar-refractivity contribution in [3.8, 4) is 5.69 Å². The molecule has 0 bridgehead atoms. The Morgan fingerprint density at radius 2 is 1.70 bits per heavy atom. The van der Waals surface area contributed by atoms with Crippen LogP contribution in [0.1, 0.15) is 15.9 Å². The minimum absolute atomic E-state index is 0.247. The van der Waals surface area contributed by atoms with Gasteiger partial charge in [0.05, 0.1) is 5.56 Å². The van der Waals surface area contributed by atoms with Crippen LogP contribution < -0.4 is 4.90 Å². The summed E-state index contributed by atoms with van der Waals surface area (Å²) in [6.45, 7) is 2.01. The van der Waals surface area contributed by atoms with Gasteiger partial charge in [0.25, 0.3) is 5.91 Å². The van der Waals surface area contributed by atoms with Crippen LogP contribution >= 0.6 is 11.6 Å². The summed E-state index contributed by atoms with van der Waals surface area (Å²) in [7, 11) is 0. The number of carbonyl (C=O) groups is 1. The highest BCUT2D eigenvalue weighted by atomic mass is 35.5. The van der Waals surface area contributed by atoms with Crippen molar-refractivity contribution in [1.82, 2.24) is 14.5 Å². The maximum Gasteiger partial charge on any atom is 0.416 e. The number of hydrogen-bond acceptors (Lipinski definition) is 3. The first-order valence-corrected chi connectivity index (χ1v) is 9.71. The van der Waals surface area contributed by atoms with Gasteiger partial charge < -0.3 is 9.80 Å². The summed E-state index contributed by atoms with van der Waals surface area (Å²) < 4.78 is 40.1. The summed E-state index contributed by atoms with van der Waals surface area (Å²) >= 11 is 6.09. The quantitative estimate of drug-likeness (QED) is 0.609. The number of piperazine rings is 1. The number of nitrogens with zero attached hydrogens (tertiary/aromatic N) is 4. The lowest BCUT2D eigenvalue weighted by Crippen LogP contribution is -2.49. The molecule has 1 saturated heterocycles. The van der Waals surface area contributed by atoms with Gasteiger partial charge in [-0.1, -0.05) is 17.7 Å². The molecule has 0 unspecified atom stereocenters. The molecule has 3 aromatic rings. The predicted octanol–water partition coefficient (Wildman–Crippen LogP) is 4.51. The number of aromatic nitrogens is 2. The van der Waals surface area contributed by atoms with Gasteiger partial charge in [0.2, 0.25) is 5.95 Å². The fourth-order valence-corrected chi connectivity index (χ4v) is 3.64. The van der Waals surface area contributed by atoms with Crippen molar-refractivity contribution in [3.63, 3.8) is 0 Å². The van der Waals surface area contributed by atoms with E-state index < -0.39 is 11.7 Å². The molecule has 1 amide bonds. The van der Waals surface area contributed by atoms with E-state index in [2.05, 4.69) is 9.88 Å². The fraction of sp³-hybridized carbons (Fsp3) is 0.238. The van der Waals surface area contributed by atoms with Crippen LogP contribution in [-0.2, 0) is 6.18 Å². The van der Waals surface area contributed by atoms with Crippen LogP contribution in [0.25, 0.3) is 5.69 Å². The Bertz CT molecular complexity index is 1040. The number of imidazole rings is 1. The monoisotopic (exact) mass is 434 g/mol. The van der Waals surface area contributed by atoms with Crippen LogP contribution in [0.4, 0.5) is 19.1 Å². The number of halogens is 4. The molecule has 1 aliphatic heterocycles. The lowest BCUT2D eigenvalue weighted by Gasteiger charge is -2.35. The van der Waals surface area contributed by atoms with Gasteiger partial charge in [-0.25, -0.2) is 4.98 Å². The SMILES string of the molecule is O=C(c1ccc(C(F)(F)F)cc1)N1CCN(c2nccn2-c2cccc(Cl)c2)CC1. The van der Waals surface area contributed by atoms with Crippen LogP contribution in [0, 0.1) is 0 Å². The third-order valence-electron chi connectivity index (χ3n) is 5.02. The van der Waals surface area contributed by atoms with Gasteiger partial charge in [0.15, 0.2) is 0 Å². The summed E-state index contributed by atoms with van der Waals surface area (Å²) in [6.07, 6.45) is -0.866. The van der Waals surface area contributed by atoms with Crippen LogP contribution in [0.5, 0.6) is 0 Å². The molecule has 0 N–H and O–H groups in total. The van der Waals surface area contributed by atoms with Gasteiger partial charge in [-0.05, 0) is 42.5 Å². The normalized spacial score (nSPS) is 14.8. The van der Waals surface area contributed by atoms with Crippen molar-refractivity contribution in [2.75, 3.05) is 31.1 Å². The molecule has 0 radical (unpaired) electrons. The second kappa shape index (κ2) is 8.02. The Kier molecular flexibility index (Phi) is 5.42. The summed E-state index contributed by atoms with van der Waals surface area (Å²) in [5.74, 6) is 0.473. The maximum absolute atomic E-state index is 12.7. The first-order chi connectivity index (χ1) is 14.3. The van der Waals surface area contributed by atoms with E-state index in [1.807, 2.05) is 29.0 Å². The van der Waals surface area contributed by atoms with E-state index >= 15 is 0 Å². The molecule has 1 aliphatic rings. The largest absolute Gasteiger partial charge is 0.416 e. The van der Waals surface area contributed by atoms with Gasteiger partial charge in [0, 0.05) is 54.8 Å². The van der Waals surface area contributed by atoms with Gasteiger partial charge >= 0.3 is 6.18 Å². The smallest absolute Gasteiger partial charge is 0.338 e. The molecule has 156 valence electrons. The van der Waals surface area contributed by atoms with E-state index in [-0.39, 0.29) is 11.5 Å². The second-order valence-electron chi connectivity index (χ2n) is 6.93. The summed E-state index contributed by atoms with van der Waals surface area (Å²) in [4.78, 5) is 20.8. The molecule has 2 heterocycles. The summed E-state index contributed by atoms with van der Waals surface area (Å²) in [5, 5.41) is 0.624. The van der Waals surface area contributed by atoms with Gasteiger partial charge in [-0.2, -0.15) is 13.2 Å². The molecule has 0 saturated carbocycles. The number of hydrogen-bond donors (Lipinski definition) is 0. The van der Waals surface area contributed by atoms with E-state index in [0.717, 1.165) is 23.8 Å². The maximum atomic E-state index is 12.7. The minimum atomic E-state index is -4.42. The fourth-order valence-electron chi connectivity index (χ4n) is 3.45. The Balaban J connectivity index is 1.44. The number of rotatable bonds is 3. The number of benzene rings is 2. The van der Waals surface area contributed by atoms with Crippen molar-refractivity contribution in [2.45, 2.75) is 6.18 Å². The Hall–Kier alpha value is -3.00. The average Bonchev–Trinajstić information content (AvgIpc) is 3.23. The van der Waals surface area contributed by atoms with E-state index in [0.29, 0.717) is 31.2 Å². The Morgan fingerprint density at radius 3 is 2.33 bits per heavy atom. The van der Waals surface area contributed by atoms with E-state index in [9.17, 15) is 18.0 Å². The van der Waals surface area contributed by atoms with Crippen molar-refractivity contribution < 1.29 is 18.0 Å². The highest BCUT2D eigenvalue weighted by Crippen LogP contribution is 2.29. The molecule has 4 rings (SSSR count). The van der Waals surface area contributed by atoms with Gasteiger partial charge in [-0.3, -0.25) is 9.36 Å². The topological polar surface area (TPSA) is 41.4 Å². The standard InChI is InChI=1S/C21H18ClF3N4O/c22-17-2-1-3-18(14-17)29-9-8-26-20(29)28-12-10-27(11-13-28)19(30)15-4-6-16(7-5-15)21(23,24)25/h1-9,14H,10-13H2. The van der Waals surface area contributed by atoms with E-state index in [1.54, 1.807) is 17.2 Å². The molecule has 0 spiro atoms. The molecule has 5 nitrogen and oxygen atoms in total. The average molecular weight is 435 g/mol. The predicted molar refractivity (Wildman–Crippen MR) is 108 cm³/mol. The van der Waals surface area contributed by atoms with Crippen LogP contribution in [0.2, 0.25) is 5.02 Å². The molecule has 0 atom stereocenters. The summed E-state index contributed by atoms with van der Waals surface area (Å²) in [6, 6.07) is 11.8. The molecule has 2 aromatic carbocycles. The van der Waals surface area contributed by atoms with Crippen molar-refractivity contribution in [2.24, 2.45) is 0 Å². The van der Waals surface area contributed by atoms with Gasteiger partial charge in [-0.15, -0.1) is 0 Å². The third-order valence-corrected chi connectivity index (χ3v) is 5.25. The summed E-state index contributed by atoms with van der Waals surface area (Å²) in [5.41, 5.74) is 0.367. The third kappa shape index (κ3) is 4.14. The van der Waals surface area contributed by atoms with Crippen LogP contribution in [-0.4, -0.2) is 46.5 Å². The van der Waals surface area contributed by atoms with Crippen LogP contribution in [0.15, 0.2) is 60.9 Å². The number of amides is 1. The number of anilines is 1. The zero-order chi connectivity index (χ0) is 21.3. The molecule has 30 heavy (non-hydrogen) atoms. The van der Waals surface area contributed by atoms with E-state index in [1.165, 1.54) is 12.1 Å². The molecular weight excluding hydrogens is 417 g/mol. The zero-order valence-electron chi connectivity index (χ0n) is 15.8.